The molecular formula is C19H19N5O2. The van der Waals surface area contributed by atoms with Gasteiger partial charge < -0.3 is 9.64 Å². The zero-order chi connectivity index (χ0) is 17.9. The van der Waals surface area contributed by atoms with Gasteiger partial charge in [-0.3, -0.25) is 9.48 Å². The molecule has 0 aliphatic carbocycles. The Hall–Kier alpha value is -3.22. The van der Waals surface area contributed by atoms with Crippen molar-refractivity contribution in [3.63, 3.8) is 0 Å². The molecule has 132 valence electrons. The number of carbonyl (C=O) groups excluding carboxylic acids is 1. The van der Waals surface area contributed by atoms with E-state index < -0.39 is 0 Å². The topological polar surface area (TPSA) is 73.1 Å². The maximum atomic E-state index is 12.9. The second kappa shape index (κ2) is 6.95. The van der Waals surface area contributed by atoms with E-state index in [1.807, 2.05) is 36.4 Å². The molecule has 4 rings (SSSR count). The number of rotatable bonds is 4. The lowest BCUT2D eigenvalue weighted by atomic mass is 10.1. The molecule has 1 aliphatic heterocycles. The van der Waals surface area contributed by atoms with Gasteiger partial charge in [-0.25, -0.2) is 9.97 Å². The fourth-order valence-corrected chi connectivity index (χ4v) is 3.11. The zero-order valence-electron chi connectivity index (χ0n) is 14.4. The molecule has 7 heteroatoms. The van der Waals surface area contributed by atoms with Crippen LogP contribution in [0.3, 0.4) is 0 Å². The third-order valence-corrected chi connectivity index (χ3v) is 4.44. The van der Waals surface area contributed by atoms with E-state index in [0.717, 1.165) is 17.7 Å². The zero-order valence-corrected chi connectivity index (χ0v) is 14.4. The van der Waals surface area contributed by atoms with Gasteiger partial charge in [-0.05, 0) is 6.07 Å². The first kappa shape index (κ1) is 16.3. The largest absolute Gasteiger partial charge is 0.472 e. The highest BCUT2D eigenvalue weighted by molar-refractivity contribution is 5.94. The molecule has 1 aliphatic rings. The number of likely N-dealkylation sites (tertiary alicyclic amines) is 1. The lowest BCUT2D eigenvalue weighted by Crippen LogP contribution is -2.32. The second-order valence-electron chi connectivity index (χ2n) is 6.23. The molecule has 26 heavy (non-hydrogen) atoms. The average Bonchev–Trinajstić information content (AvgIpc) is 3.30. The Labute approximate surface area is 151 Å². The SMILES string of the molecule is Cn1nc(-c2ccccc2)cc1C(=O)N1CCC(Oc2ccncn2)C1. The maximum absolute atomic E-state index is 12.9. The average molecular weight is 349 g/mol. The van der Waals surface area contributed by atoms with Crippen LogP contribution in [-0.4, -0.2) is 49.7 Å². The van der Waals surface area contributed by atoms with Crippen molar-refractivity contribution in [2.75, 3.05) is 13.1 Å². The van der Waals surface area contributed by atoms with Crippen LogP contribution < -0.4 is 4.74 Å². The van der Waals surface area contributed by atoms with E-state index in [1.54, 1.807) is 28.9 Å². The van der Waals surface area contributed by atoms with Crippen LogP contribution in [0.5, 0.6) is 5.88 Å². The lowest BCUT2D eigenvalue weighted by molar-refractivity contribution is 0.0760. The van der Waals surface area contributed by atoms with Crippen molar-refractivity contribution in [2.45, 2.75) is 12.5 Å². The van der Waals surface area contributed by atoms with Crippen LogP contribution in [0.2, 0.25) is 0 Å². The van der Waals surface area contributed by atoms with Crippen LogP contribution in [0, 0.1) is 0 Å². The Balaban J connectivity index is 1.46. The molecule has 3 aromatic rings. The number of ether oxygens (including phenoxy) is 1. The Morgan fingerprint density at radius 3 is 2.85 bits per heavy atom. The van der Waals surface area contributed by atoms with E-state index in [-0.39, 0.29) is 12.0 Å². The fraction of sp³-hybridized carbons (Fsp3) is 0.263. The number of carbonyl (C=O) groups is 1. The molecule has 1 amide bonds. The smallest absolute Gasteiger partial charge is 0.272 e. The predicted molar refractivity (Wildman–Crippen MR) is 95.6 cm³/mol. The third-order valence-electron chi connectivity index (χ3n) is 4.44. The summed E-state index contributed by atoms with van der Waals surface area (Å²) in [5.74, 6) is 0.502. The fourth-order valence-electron chi connectivity index (χ4n) is 3.11. The normalized spacial score (nSPS) is 16.7. The van der Waals surface area contributed by atoms with Crippen molar-refractivity contribution >= 4 is 5.91 Å². The first-order chi connectivity index (χ1) is 12.7. The first-order valence-electron chi connectivity index (χ1n) is 8.52. The summed E-state index contributed by atoms with van der Waals surface area (Å²) in [6.45, 7) is 1.19. The van der Waals surface area contributed by atoms with E-state index >= 15 is 0 Å². The molecule has 1 unspecified atom stereocenters. The molecular weight excluding hydrogens is 330 g/mol. The van der Waals surface area contributed by atoms with Gasteiger partial charge in [-0.15, -0.1) is 0 Å². The van der Waals surface area contributed by atoms with Crippen molar-refractivity contribution in [3.05, 3.63) is 60.7 Å². The highest BCUT2D eigenvalue weighted by atomic mass is 16.5. The molecule has 0 bridgehead atoms. The minimum Gasteiger partial charge on any atom is -0.472 e. The summed E-state index contributed by atoms with van der Waals surface area (Å²) >= 11 is 0. The van der Waals surface area contributed by atoms with Crippen molar-refractivity contribution < 1.29 is 9.53 Å². The minimum atomic E-state index is -0.0596. The van der Waals surface area contributed by atoms with Crippen LogP contribution in [0.1, 0.15) is 16.9 Å². The molecule has 3 heterocycles. The van der Waals surface area contributed by atoms with Crippen LogP contribution in [0.15, 0.2) is 55.0 Å². The molecule has 1 fully saturated rings. The number of amides is 1. The van der Waals surface area contributed by atoms with Crippen LogP contribution in [0.4, 0.5) is 0 Å². The number of aryl methyl sites for hydroxylation is 1. The van der Waals surface area contributed by atoms with Crippen molar-refractivity contribution in [1.82, 2.24) is 24.6 Å². The summed E-state index contributed by atoms with van der Waals surface area (Å²) in [6, 6.07) is 13.4. The van der Waals surface area contributed by atoms with Gasteiger partial charge in [0.25, 0.3) is 5.91 Å². The number of hydrogen-bond donors (Lipinski definition) is 0. The minimum absolute atomic E-state index is 0.0315. The Morgan fingerprint density at radius 1 is 1.23 bits per heavy atom. The molecule has 2 aromatic heterocycles. The number of nitrogens with zero attached hydrogens (tertiary/aromatic N) is 5. The predicted octanol–water partition coefficient (Wildman–Crippen LogP) is 2.17. The molecule has 1 aromatic carbocycles. The maximum Gasteiger partial charge on any atom is 0.272 e. The number of aromatic nitrogens is 4. The molecule has 0 radical (unpaired) electrons. The number of benzene rings is 1. The van der Waals surface area contributed by atoms with E-state index in [1.165, 1.54) is 6.33 Å². The van der Waals surface area contributed by atoms with E-state index in [4.69, 9.17) is 4.74 Å². The van der Waals surface area contributed by atoms with Gasteiger partial charge in [-0.2, -0.15) is 5.10 Å². The second-order valence-corrected chi connectivity index (χ2v) is 6.23. The van der Waals surface area contributed by atoms with Gasteiger partial charge in [0.1, 0.15) is 18.1 Å². The van der Waals surface area contributed by atoms with Gasteiger partial charge in [0, 0.05) is 37.8 Å². The highest BCUT2D eigenvalue weighted by Crippen LogP contribution is 2.22. The Morgan fingerprint density at radius 2 is 2.08 bits per heavy atom. The summed E-state index contributed by atoms with van der Waals surface area (Å²) in [5, 5.41) is 4.48. The van der Waals surface area contributed by atoms with Gasteiger partial charge in [0.15, 0.2) is 0 Å². The molecule has 0 spiro atoms. The summed E-state index contributed by atoms with van der Waals surface area (Å²) in [6.07, 6.45) is 3.81. The quantitative estimate of drug-likeness (QED) is 0.722. The standard InChI is InChI=1S/C19H19N5O2/c1-23-17(11-16(22-23)14-5-3-2-4-6-14)19(25)24-10-8-15(12-24)26-18-7-9-20-13-21-18/h2-7,9,11,13,15H,8,10,12H2,1H3. The van der Waals surface area contributed by atoms with Crippen LogP contribution in [0.25, 0.3) is 11.3 Å². The Kier molecular flexibility index (Phi) is 4.35. The van der Waals surface area contributed by atoms with E-state index in [0.29, 0.717) is 24.7 Å². The Bertz CT molecular complexity index is 895. The third kappa shape index (κ3) is 3.28. The van der Waals surface area contributed by atoms with Crippen LogP contribution >= 0.6 is 0 Å². The lowest BCUT2D eigenvalue weighted by Gasteiger charge is -2.16. The first-order valence-corrected chi connectivity index (χ1v) is 8.52. The molecule has 0 N–H and O–H groups in total. The van der Waals surface area contributed by atoms with Gasteiger partial charge in [-0.1, -0.05) is 30.3 Å². The van der Waals surface area contributed by atoms with Crippen molar-refractivity contribution in [3.8, 4) is 17.1 Å². The van der Waals surface area contributed by atoms with E-state index in [9.17, 15) is 4.79 Å². The molecule has 7 nitrogen and oxygen atoms in total. The van der Waals surface area contributed by atoms with Crippen molar-refractivity contribution in [2.24, 2.45) is 7.05 Å². The number of hydrogen-bond acceptors (Lipinski definition) is 5. The molecule has 1 atom stereocenters. The highest BCUT2D eigenvalue weighted by Gasteiger charge is 2.30. The van der Waals surface area contributed by atoms with Gasteiger partial charge in [0.05, 0.1) is 12.2 Å². The summed E-state index contributed by atoms with van der Waals surface area (Å²) in [4.78, 5) is 22.6. The van der Waals surface area contributed by atoms with Gasteiger partial charge >= 0.3 is 0 Å². The van der Waals surface area contributed by atoms with Crippen LogP contribution in [-0.2, 0) is 7.05 Å². The van der Waals surface area contributed by atoms with E-state index in [2.05, 4.69) is 15.1 Å². The van der Waals surface area contributed by atoms with Gasteiger partial charge in [0.2, 0.25) is 5.88 Å². The molecule has 1 saturated heterocycles. The van der Waals surface area contributed by atoms with Crippen molar-refractivity contribution in [1.29, 1.82) is 0 Å². The summed E-state index contributed by atoms with van der Waals surface area (Å²) in [7, 11) is 1.80. The molecule has 0 saturated carbocycles. The summed E-state index contributed by atoms with van der Waals surface area (Å²) in [5.41, 5.74) is 2.37. The summed E-state index contributed by atoms with van der Waals surface area (Å²) < 4.78 is 7.47. The monoisotopic (exact) mass is 349 g/mol.